The number of likely N-dealkylation sites (tertiary alicyclic amines) is 6. The maximum absolute atomic E-state index is 7.14. The molecule has 24 heteroatoms. The predicted molar refractivity (Wildman–Crippen MR) is 389 cm³/mol. The van der Waals surface area contributed by atoms with E-state index in [0.29, 0.717) is 55.5 Å². The number of piperidine rings is 6. The Labute approximate surface area is 586 Å². The van der Waals surface area contributed by atoms with E-state index in [1.807, 2.05) is 18.2 Å². The minimum Gasteiger partial charge on any atom is -0.475 e. The highest BCUT2D eigenvalue weighted by atomic mass is 16.8. The predicted octanol–water partition coefficient (Wildman–Crippen LogP) is 10.1. The molecule has 0 bridgehead atoms. The van der Waals surface area contributed by atoms with Gasteiger partial charge in [-0.2, -0.15) is 0 Å². The number of hydrogen-bond acceptors (Lipinski definition) is 22. The number of hydrazone groups is 1. The van der Waals surface area contributed by atoms with Gasteiger partial charge in [0.25, 0.3) is 0 Å². The van der Waals surface area contributed by atoms with E-state index in [1.165, 1.54) is 0 Å². The van der Waals surface area contributed by atoms with Crippen molar-refractivity contribution in [1.29, 1.82) is 0 Å². The Balaban J connectivity index is 1.06. The quantitative estimate of drug-likeness (QED) is 0.0872. The third-order valence-corrected chi connectivity index (χ3v) is 25.0. The second kappa shape index (κ2) is 27.2. The van der Waals surface area contributed by atoms with Gasteiger partial charge in [0.1, 0.15) is 35.8 Å². The van der Waals surface area contributed by atoms with Gasteiger partial charge in [0.2, 0.25) is 17.7 Å². The number of aliphatic imine (C=N–C) groups is 2. The van der Waals surface area contributed by atoms with E-state index in [2.05, 4.69) is 270 Å². The molecule has 0 unspecified atom stereocenters. The topological polar surface area (TPSA) is 185 Å². The number of rotatable bonds is 18. The van der Waals surface area contributed by atoms with Crippen molar-refractivity contribution in [1.82, 2.24) is 77.3 Å². The molecule has 0 saturated carbocycles. The Bertz CT molecular complexity index is 2740. The highest BCUT2D eigenvalue weighted by molar-refractivity contribution is 5.94. The van der Waals surface area contributed by atoms with E-state index in [0.717, 1.165) is 82.9 Å². The molecule has 0 radical (unpaired) electrons. The molecule has 0 atom stereocenters. The van der Waals surface area contributed by atoms with Gasteiger partial charge in [0, 0.05) is 147 Å². The Hall–Kier alpha value is -4.21. The summed E-state index contributed by atoms with van der Waals surface area (Å²) in [7, 11) is 13.3. The van der Waals surface area contributed by atoms with Crippen LogP contribution in [0.15, 0.2) is 50.9 Å². The van der Waals surface area contributed by atoms with Crippen LogP contribution in [-0.2, 0) is 28.7 Å². The van der Waals surface area contributed by atoms with Crippen molar-refractivity contribution in [3.05, 3.63) is 35.8 Å². The molecule has 6 saturated heterocycles. The molecular formula is C73H136N18O6. The molecular weight excluding hydrogens is 1220 g/mol. The summed E-state index contributed by atoms with van der Waals surface area (Å²) >= 11 is 0. The first-order chi connectivity index (χ1) is 44.3. The fourth-order valence-corrected chi connectivity index (χ4v) is 17.9. The van der Waals surface area contributed by atoms with E-state index >= 15 is 0 Å². The molecule has 24 nitrogen and oxygen atoms in total. The summed E-state index contributed by atoms with van der Waals surface area (Å²) in [5.41, 5.74) is 16.4. The molecule has 9 heterocycles. The zero-order valence-corrected chi connectivity index (χ0v) is 66.3. The highest BCUT2D eigenvalue weighted by Crippen LogP contribution is 2.45. The lowest BCUT2D eigenvalue weighted by atomic mass is 9.79. The van der Waals surface area contributed by atoms with Crippen molar-refractivity contribution in [2.24, 2.45) is 15.1 Å². The van der Waals surface area contributed by atoms with E-state index in [4.69, 9.17) is 43.8 Å². The van der Waals surface area contributed by atoms with Crippen LogP contribution in [0.2, 0.25) is 0 Å². The van der Waals surface area contributed by atoms with Gasteiger partial charge in [-0.1, -0.05) is 10.4 Å². The Morgan fingerprint density at radius 3 is 0.897 bits per heavy atom. The van der Waals surface area contributed by atoms with Gasteiger partial charge in [0.05, 0.1) is 31.4 Å². The van der Waals surface area contributed by atoms with Crippen LogP contribution in [0.25, 0.3) is 0 Å². The monoisotopic (exact) mass is 1360 g/mol. The molecule has 0 spiro atoms. The number of hydrogen-bond donors (Lipinski definition) is 5. The van der Waals surface area contributed by atoms with Crippen LogP contribution in [0.5, 0.6) is 0 Å². The number of nitrogens with zero attached hydrogens (tertiary/aromatic N) is 13. The van der Waals surface area contributed by atoms with Crippen LogP contribution >= 0.6 is 0 Å². The molecule has 6 fully saturated rings. The van der Waals surface area contributed by atoms with Crippen molar-refractivity contribution in [2.45, 2.75) is 346 Å². The summed E-state index contributed by atoms with van der Waals surface area (Å²) in [6, 6.07) is 0. The van der Waals surface area contributed by atoms with Gasteiger partial charge in [-0.15, -0.1) is 0 Å². The van der Waals surface area contributed by atoms with Crippen molar-refractivity contribution < 1.29 is 28.7 Å². The molecule has 0 aromatic rings. The smallest absolute Gasteiger partial charge is 0.239 e. The third-order valence-electron chi connectivity index (χ3n) is 25.0. The van der Waals surface area contributed by atoms with E-state index in [1.54, 1.807) is 15.8 Å². The van der Waals surface area contributed by atoms with Crippen LogP contribution in [0, 0.1) is 0 Å². The molecule has 5 N–H and O–H groups in total. The molecule has 9 aliphatic heterocycles. The molecule has 0 aromatic carbocycles. The van der Waals surface area contributed by atoms with Gasteiger partial charge >= 0.3 is 0 Å². The Morgan fingerprint density at radius 2 is 0.608 bits per heavy atom. The fourth-order valence-electron chi connectivity index (χ4n) is 17.9. The maximum atomic E-state index is 7.14. The van der Waals surface area contributed by atoms with Gasteiger partial charge in [-0.25, -0.2) is 21.1 Å². The van der Waals surface area contributed by atoms with Gasteiger partial charge in [0.15, 0.2) is 0 Å². The first-order valence-corrected chi connectivity index (χ1v) is 36.5. The Kier molecular flexibility index (Phi) is 21.6. The number of nitrogens with one attached hydrogen (secondary N) is 5. The van der Waals surface area contributed by atoms with Crippen LogP contribution in [0.3, 0.4) is 0 Å². The molecule has 97 heavy (non-hydrogen) atoms. The summed E-state index contributed by atoms with van der Waals surface area (Å²) in [6.07, 6.45) is 15.4. The lowest BCUT2D eigenvalue weighted by Gasteiger charge is -2.54. The van der Waals surface area contributed by atoms with E-state index in [-0.39, 0.29) is 103 Å². The fraction of sp³-hybridized carbons (Fsp3) is 0.877. The highest BCUT2D eigenvalue weighted by Gasteiger charge is 2.51. The van der Waals surface area contributed by atoms with Crippen molar-refractivity contribution >= 4 is 17.6 Å². The van der Waals surface area contributed by atoms with Gasteiger partial charge in [-0.05, 0) is 247 Å². The van der Waals surface area contributed by atoms with E-state index in [9.17, 15) is 0 Å². The maximum Gasteiger partial charge on any atom is 0.239 e. The van der Waals surface area contributed by atoms with Crippen molar-refractivity contribution in [3.63, 3.8) is 0 Å². The van der Waals surface area contributed by atoms with Crippen molar-refractivity contribution in [2.75, 3.05) is 68.5 Å². The molecule has 9 aliphatic rings. The van der Waals surface area contributed by atoms with Crippen LogP contribution in [0.4, 0.5) is 0 Å². The van der Waals surface area contributed by atoms with Gasteiger partial charge in [-0.3, -0.25) is 59.9 Å². The normalized spacial score (nSPS) is 30.0. The minimum absolute atomic E-state index is 0.0574. The number of hydrazine groups is 5. The lowest BCUT2D eigenvalue weighted by molar-refractivity contribution is -0.275. The largest absolute Gasteiger partial charge is 0.475 e. The summed E-state index contributed by atoms with van der Waals surface area (Å²) in [6.45, 7) is 56.9. The second-order valence-corrected chi connectivity index (χ2v) is 37.9. The summed E-state index contributed by atoms with van der Waals surface area (Å²) in [4.78, 5) is 48.8. The molecule has 0 aromatic heterocycles. The average molecular weight is 1360 g/mol. The standard InChI is InChI=1S/C73H136N18O6/c1-62(2)38-50(39-63(3,4)82(62)25)92-59-35-56(76-89(79-59)95-53-44-68(13,14)85(28)69(15,16)45-53)74-31-33-88(58-37-61(94-52-42-66(9,10)84(27)67(11,12)43-52)81-91(78-58)97-55-48-72(21,22)87(30)73(23,24)49-55)34-32-75-57-36-60(93-51-40-64(5,6)83(26)65(7,8)41-51)80-90(77-57)96-54-46-70(17,18)86(29)71(19,20)47-54/h35-37,50-55,78-80H,31-34,38-49H2,1-30H3,(H,74,76)(H,75,77). The zero-order valence-electron chi connectivity index (χ0n) is 66.3. The molecule has 554 valence electrons. The van der Waals surface area contributed by atoms with Crippen LogP contribution in [-0.4, -0.2) is 239 Å². The van der Waals surface area contributed by atoms with Gasteiger partial charge < -0.3 is 19.1 Å². The van der Waals surface area contributed by atoms with Crippen LogP contribution in [0.1, 0.15) is 243 Å². The number of amidine groups is 2. The van der Waals surface area contributed by atoms with Crippen molar-refractivity contribution in [3.8, 4) is 0 Å². The molecule has 9 rings (SSSR count). The second-order valence-electron chi connectivity index (χ2n) is 37.9. The first-order valence-electron chi connectivity index (χ1n) is 36.5. The summed E-state index contributed by atoms with van der Waals surface area (Å²) < 4.78 is 21.2. The SMILES string of the molecule is CN1C(C)(C)CC(OC2=CC(=NCCN(CCN=C3C=C(OC4CC(C)(C)N(C)C(C)(C)C4)NN(OC4CC(C)(C)N(C)C(C)(C)C4)N3)C3=CC(OC4CC(C)(C)N(C)C(C)(C)C4)=NN(OC4CC(C)(C)N(C)C(C)(C)C4)N3)NN(OC3CC(C)(C)N(C)C(C)(C)C3)N2)CC1(C)C. The minimum atomic E-state index is -0.152. The van der Waals surface area contributed by atoms with E-state index < -0.39 is 0 Å². The average Bonchev–Trinajstić information content (AvgIpc) is 0.805. The van der Waals surface area contributed by atoms with Crippen LogP contribution < -0.4 is 27.1 Å². The number of ether oxygens (including phenoxy) is 3. The molecule has 0 amide bonds. The summed E-state index contributed by atoms with van der Waals surface area (Å²) in [5.74, 6) is 3.59. The summed E-state index contributed by atoms with van der Waals surface area (Å²) in [5, 5.41) is 9.94. The lowest BCUT2D eigenvalue weighted by Crippen LogP contribution is -2.63. The molecule has 0 aliphatic carbocycles. The first kappa shape index (κ1) is 77.0. The zero-order chi connectivity index (χ0) is 72.0. The Morgan fingerprint density at radius 1 is 0.351 bits per heavy atom. The third kappa shape index (κ3) is 17.8.